The predicted octanol–water partition coefficient (Wildman–Crippen LogP) is 1.07. The van der Waals surface area contributed by atoms with Crippen molar-refractivity contribution < 1.29 is 14.3 Å². The lowest BCUT2D eigenvalue weighted by Crippen LogP contribution is -2.49. The van der Waals surface area contributed by atoms with Crippen molar-refractivity contribution in [1.82, 2.24) is 16.2 Å². The normalized spacial score (nSPS) is 19.2. The van der Waals surface area contributed by atoms with Crippen molar-refractivity contribution in [3.05, 3.63) is 0 Å². The predicted molar refractivity (Wildman–Crippen MR) is 72.1 cm³/mol. The van der Waals surface area contributed by atoms with E-state index in [1.807, 2.05) is 0 Å². The van der Waals surface area contributed by atoms with Crippen LogP contribution in [0.2, 0.25) is 0 Å². The first kappa shape index (κ1) is 15.0. The van der Waals surface area contributed by atoms with Crippen LogP contribution in [0.1, 0.15) is 33.6 Å². The summed E-state index contributed by atoms with van der Waals surface area (Å²) in [5, 5.41) is 3.31. The Hall–Kier alpha value is -1.08. The van der Waals surface area contributed by atoms with E-state index in [-0.39, 0.29) is 6.10 Å². The van der Waals surface area contributed by atoms with E-state index < -0.39 is 11.7 Å². The second-order valence-corrected chi connectivity index (χ2v) is 5.51. The monoisotopic (exact) mass is 275 g/mol. The quantitative estimate of drug-likeness (QED) is 0.517. The van der Waals surface area contributed by atoms with Gasteiger partial charge in [-0.15, -0.1) is 0 Å². The fraction of sp³-hybridized carbons (Fsp3) is 0.818. The van der Waals surface area contributed by atoms with Crippen LogP contribution >= 0.6 is 12.2 Å². The highest BCUT2D eigenvalue weighted by molar-refractivity contribution is 7.80. The highest BCUT2D eigenvalue weighted by Gasteiger charge is 2.17. The first-order valence-electron chi connectivity index (χ1n) is 6.01. The van der Waals surface area contributed by atoms with Crippen LogP contribution in [0.25, 0.3) is 0 Å². The number of carbonyl (C=O) groups excluding carboxylic acids is 1. The minimum absolute atomic E-state index is 0.200. The number of hydrazine groups is 1. The van der Waals surface area contributed by atoms with Gasteiger partial charge in [0.2, 0.25) is 0 Å². The summed E-state index contributed by atoms with van der Waals surface area (Å²) in [5.74, 6) is 0. The van der Waals surface area contributed by atoms with Crippen molar-refractivity contribution in [2.45, 2.75) is 45.3 Å². The molecule has 0 radical (unpaired) electrons. The Balaban J connectivity index is 2.10. The molecule has 0 aromatic rings. The topological polar surface area (TPSA) is 71.6 Å². The van der Waals surface area contributed by atoms with Crippen LogP contribution < -0.4 is 16.2 Å². The molecule has 1 amide bonds. The zero-order valence-corrected chi connectivity index (χ0v) is 11.9. The molecule has 1 atom stereocenters. The van der Waals surface area contributed by atoms with Crippen molar-refractivity contribution in [3.8, 4) is 0 Å². The Morgan fingerprint density at radius 1 is 1.44 bits per heavy atom. The Morgan fingerprint density at radius 2 is 2.17 bits per heavy atom. The fourth-order valence-corrected chi connectivity index (χ4v) is 1.60. The maximum Gasteiger partial charge on any atom is 0.426 e. The molecule has 0 aromatic heterocycles. The Bertz CT molecular complexity index is 298. The summed E-state index contributed by atoms with van der Waals surface area (Å²) in [6.07, 6.45) is 1.76. The van der Waals surface area contributed by atoms with Crippen molar-refractivity contribution in [2.24, 2.45) is 0 Å². The molecule has 1 aliphatic rings. The second-order valence-electron chi connectivity index (χ2n) is 5.10. The molecule has 1 aliphatic heterocycles. The first-order chi connectivity index (χ1) is 8.37. The van der Waals surface area contributed by atoms with Crippen LogP contribution in [-0.2, 0) is 9.47 Å². The molecule has 1 saturated heterocycles. The zero-order chi connectivity index (χ0) is 13.6. The minimum Gasteiger partial charge on any atom is -0.443 e. The number of nitrogens with one attached hydrogen (secondary N) is 3. The highest BCUT2D eigenvalue weighted by atomic mass is 32.1. The van der Waals surface area contributed by atoms with Gasteiger partial charge in [-0.05, 0) is 45.8 Å². The molecule has 0 spiro atoms. The van der Waals surface area contributed by atoms with Gasteiger partial charge in [-0.25, -0.2) is 10.2 Å². The van der Waals surface area contributed by atoms with Gasteiger partial charge in [0.15, 0.2) is 5.11 Å². The van der Waals surface area contributed by atoms with Gasteiger partial charge < -0.3 is 14.8 Å². The molecule has 0 bridgehead atoms. The molecule has 7 heteroatoms. The van der Waals surface area contributed by atoms with E-state index in [0.717, 1.165) is 19.4 Å². The maximum absolute atomic E-state index is 11.3. The number of hydrogen-bond donors (Lipinski definition) is 3. The van der Waals surface area contributed by atoms with Gasteiger partial charge in [-0.1, -0.05) is 0 Å². The Morgan fingerprint density at radius 3 is 2.72 bits per heavy atom. The van der Waals surface area contributed by atoms with Crippen LogP contribution in [0.5, 0.6) is 0 Å². The SMILES string of the molecule is CC(C)(C)OC(=O)NNC(=S)NC[C@@H]1CCCO1. The lowest BCUT2D eigenvalue weighted by molar-refractivity contribution is 0.0512. The van der Waals surface area contributed by atoms with Crippen LogP contribution in [0.4, 0.5) is 4.79 Å². The third-order valence-electron chi connectivity index (χ3n) is 2.19. The van der Waals surface area contributed by atoms with E-state index in [0.29, 0.717) is 11.7 Å². The molecule has 0 saturated carbocycles. The smallest absolute Gasteiger partial charge is 0.426 e. The summed E-state index contributed by atoms with van der Waals surface area (Å²) in [4.78, 5) is 11.3. The molecule has 1 rings (SSSR count). The number of rotatable bonds is 2. The van der Waals surface area contributed by atoms with E-state index in [4.69, 9.17) is 21.7 Å². The summed E-state index contributed by atoms with van der Waals surface area (Å²) in [6.45, 7) is 6.83. The van der Waals surface area contributed by atoms with Crippen molar-refractivity contribution >= 4 is 23.4 Å². The number of hydrogen-bond acceptors (Lipinski definition) is 4. The van der Waals surface area contributed by atoms with E-state index in [9.17, 15) is 4.79 Å². The van der Waals surface area contributed by atoms with E-state index in [1.165, 1.54) is 0 Å². The van der Waals surface area contributed by atoms with Crippen LogP contribution in [-0.4, -0.2) is 36.1 Å². The maximum atomic E-state index is 11.3. The van der Waals surface area contributed by atoms with Gasteiger partial charge in [0, 0.05) is 13.2 Å². The number of thiocarbonyl (C=S) groups is 1. The first-order valence-corrected chi connectivity index (χ1v) is 6.42. The molecule has 18 heavy (non-hydrogen) atoms. The third-order valence-corrected chi connectivity index (χ3v) is 2.44. The second kappa shape index (κ2) is 6.75. The van der Waals surface area contributed by atoms with Crippen LogP contribution in [0, 0.1) is 0 Å². The Kier molecular flexibility index (Phi) is 5.61. The molecular formula is C11H21N3O3S. The van der Waals surface area contributed by atoms with Crippen molar-refractivity contribution in [1.29, 1.82) is 0 Å². The lowest BCUT2D eigenvalue weighted by atomic mass is 10.2. The molecule has 1 heterocycles. The standard InChI is InChI=1S/C11H21N3O3S/c1-11(2,3)17-10(15)14-13-9(18)12-7-8-5-4-6-16-8/h8H,4-7H2,1-3H3,(H,14,15)(H2,12,13,18)/t8-/m0/s1. The third kappa shape index (κ3) is 6.61. The molecule has 1 fully saturated rings. The molecular weight excluding hydrogens is 254 g/mol. The summed E-state index contributed by atoms with van der Waals surface area (Å²) in [5.41, 5.74) is 4.40. The zero-order valence-electron chi connectivity index (χ0n) is 11.0. The molecule has 3 N–H and O–H groups in total. The van der Waals surface area contributed by atoms with E-state index >= 15 is 0 Å². The van der Waals surface area contributed by atoms with Crippen molar-refractivity contribution in [2.75, 3.05) is 13.2 Å². The Labute approximate surface area is 113 Å². The van der Waals surface area contributed by atoms with Crippen molar-refractivity contribution in [3.63, 3.8) is 0 Å². The average Bonchev–Trinajstić information content (AvgIpc) is 2.74. The lowest BCUT2D eigenvalue weighted by Gasteiger charge is -2.20. The highest BCUT2D eigenvalue weighted by Crippen LogP contribution is 2.10. The molecule has 0 aromatic carbocycles. The molecule has 0 unspecified atom stereocenters. The summed E-state index contributed by atoms with van der Waals surface area (Å²) in [7, 11) is 0. The van der Waals surface area contributed by atoms with Gasteiger partial charge in [0.1, 0.15) is 5.60 Å². The fourth-order valence-electron chi connectivity index (χ4n) is 1.47. The van der Waals surface area contributed by atoms with Gasteiger partial charge in [-0.2, -0.15) is 0 Å². The van der Waals surface area contributed by atoms with E-state index in [2.05, 4.69) is 16.2 Å². The molecule has 0 aliphatic carbocycles. The number of carbonyl (C=O) groups is 1. The van der Waals surface area contributed by atoms with Gasteiger partial charge in [0.05, 0.1) is 6.10 Å². The van der Waals surface area contributed by atoms with Crippen LogP contribution in [0.15, 0.2) is 0 Å². The van der Waals surface area contributed by atoms with Crippen LogP contribution in [0.3, 0.4) is 0 Å². The average molecular weight is 275 g/mol. The summed E-state index contributed by atoms with van der Waals surface area (Å²) >= 11 is 5.00. The molecule has 104 valence electrons. The molecule has 6 nitrogen and oxygen atoms in total. The summed E-state index contributed by atoms with van der Waals surface area (Å²) < 4.78 is 10.5. The largest absolute Gasteiger partial charge is 0.443 e. The minimum atomic E-state index is -0.566. The number of amides is 1. The van der Waals surface area contributed by atoms with Gasteiger partial charge in [0.25, 0.3) is 0 Å². The van der Waals surface area contributed by atoms with Gasteiger partial charge >= 0.3 is 6.09 Å². The number of ether oxygens (including phenoxy) is 2. The van der Waals surface area contributed by atoms with E-state index in [1.54, 1.807) is 20.8 Å². The summed E-state index contributed by atoms with van der Waals surface area (Å²) in [6, 6.07) is 0. The van der Waals surface area contributed by atoms with Gasteiger partial charge in [-0.3, -0.25) is 5.43 Å².